The normalized spacial score (nSPS) is 13.1. The summed E-state index contributed by atoms with van der Waals surface area (Å²) >= 11 is 0. The lowest BCUT2D eigenvalue weighted by atomic mass is 9.97. The maximum Gasteiger partial charge on any atom is 0.251 e. The number of rotatable bonds is 2. The van der Waals surface area contributed by atoms with Crippen LogP contribution in [0.4, 0.5) is 5.69 Å². The fraction of sp³-hybridized carbons (Fsp3) is 0.417. The predicted octanol–water partition coefficient (Wildman–Crippen LogP) is 2.22. The van der Waals surface area contributed by atoms with E-state index >= 15 is 0 Å². The third kappa shape index (κ3) is 2.47. The van der Waals surface area contributed by atoms with E-state index in [1.54, 1.807) is 0 Å². The highest BCUT2D eigenvalue weighted by Gasteiger charge is 2.16. The second-order valence-electron chi connectivity index (χ2n) is 3.72. The van der Waals surface area contributed by atoms with E-state index in [-0.39, 0.29) is 18.3 Å². The van der Waals surface area contributed by atoms with Gasteiger partial charge in [-0.05, 0) is 37.5 Å². The first-order chi connectivity index (χ1) is 7.33. The van der Waals surface area contributed by atoms with Gasteiger partial charge in [-0.1, -0.05) is 6.07 Å². The van der Waals surface area contributed by atoms with E-state index in [0.717, 1.165) is 36.2 Å². The molecule has 88 valence electrons. The van der Waals surface area contributed by atoms with E-state index in [2.05, 4.69) is 10.6 Å². The lowest BCUT2D eigenvalue weighted by molar-refractivity contribution is 0.0955. The number of halogens is 1. The highest BCUT2D eigenvalue weighted by molar-refractivity contribution is 5.97. The molecule has 1 aliphatic heterocycles. The number of anilines is 1. The van der Waals surface area contributed by atoms with Crippen molar-refractivity contribution in [2.24, 2.45) is 0 Å². The quantitative estimate of drug-likeness (QED) is 0.832. The van der Waals surface area contributed by atoms with Crippen molar-refractivity contribution < 1.29 is 4.79 Å². The fourth-order valence-corrected chi connectivity index (χ4v) is 1.98. The van der Waals surface area contributed by atoms with Gasteiger partial charge < -0.3 is 10.6 Å². The highest BCUT2D eigenvalue weighted by atomic mass is 35.5. The number of amides is 1. The van der Waals surface area contributed by atoms with Crippen molar-refractivity contribution in [3.05, 3.63) is 29.3 Å². The molecule has 2 N–H and O–H groups in total. The van der Waals surface area contributed by atoms with E-state index in [4.69, 9.17) is 0 Å². The first kappa shape index (κ1) is 12.8. The van der Waals surface area contributed by atoms with Gasteiger partial charge in [0.1, 0.15) is 0 Å². The summed E-state index contributed by atoms with van der Waals surface area (Å²) in [5.74, 6) is 0.0399. The summed E-state index contributed by atoms with van der Waals surface area (Å²) < 4.78 is 0. The van der Waals surface area contributed by atoms with Gasteiger partial charge in [-0.3, -0.25) is 4.79 Å². The van der Waals surface area contributed by atoms with Crippen LogP contribution < -0.4 is 10.6 Å². The third-order valence-corrected chi connectivity index (χ3v) is 2.68. The number of carbonyl (C=O) groups is 1. The SMILES string of the molecule is CCNC(=O)c1cccc2c1CCCN2.Cl. The van der Waals surface area contributed by atoms with Crippen molar-refractivity contribution in [2.75, 3.05) is 18.4 Å². The van der Waals surface area contributed by atoms with Gasteiger partial charge >= 0.3 is 0 Å². The molecule has 2 rings (SSSR count). The van der Waals surface area contributed by atoms with E-state index < -0.39 is 0 Å². The molecule has 16 heavy (non-hydrogen) atoms. The molecule has 0 saturated carbocycles. The Morgan fingerprint density at radius 3 is 3.06 bits per heavy atom. The number of carbonyl (C=O) groups excluding carboxylic acids is 1. The van der Waals surface area contributed by atoms with Gasteiger partial charge in [-0.2, -0.15) is 0 Å². The molecule has 0 aromatic heterocycles. The zero-order valence-corrected chi connectivity index (χ0v) is 10.2. The zero-order valence-electron chi connectivity index (χ0n) is 9.38. The molecule has 1 aromatic rings. The molecule has 0 fully saturated rings. The molecular weight excluding hydrogens is 224 g/mol. The third-order valence-electron chi connectivity index (χ3n) is 2.68. The summed E-state index contributed by atoms with van der Waals surface area (Å²) in [5.41, 5.74) is 3.10. The molecule has 1 aliphatic rings. The molecule has 1 aromatic carbocycles. The van der Waals surface area contributed by atoms with Crippen LogP contribution in [0.5, 0.6) is 0 Å². The Morgan fingerprint density at radius 2 is 2.31 bits per heavy atom. The van der Waals surface area contributed by atoms with Gasteiger partial charge in [0.05, 0.1) is 0 Å². The minimum Gasteiger partial charge on any atom is -0.385 e. The average molecular weight is 241 g/mol. The predicted molar refractivity (Wildman–Crippen MR) is 68.5 cm³/mol. The molecule has 0 bridgehead atoms. The van der Waals surface area contributed by atoms with Crippen molar-refractivity contribution in [2.45, 2.75) is 19.8 Å². The molecule has 4 heteroatoms. The Hall–Kier alpha value is -1.22. The fourth-order valence-electron chi connectivity index (χ4n) is 1.98. The smallest absolute Gasteiger partial charge is 0.251 e. The van der Waals surface area contributed by atoms with E-state index in [9.17, 15) is 4.79 Å². The van der Waals surface area contributed by atoms with Crippen LogP contribution in [0, 0.1) is 0 Å². The second kappa shape index (κ2) is 5.75. The Balaban J connectivity index is 0.00000128. The van der Waals surface area contributed by atoms with Crippen molar-refractivity contribution in [3.8, 4) is 0 Å². The average Bonchev–Trinajstić information content (AvgIpc) is 2.28. The van der Waals surface area contributed by atoms with Crippen LogP contribution in [0.25, 0.3) is 0 Å². The van der Waals surface area contributed by atoms with E-state index in [1.807, 2.05) is 25.1 Å². The van der Waals surface area contributed by atoms with Gasteiger partial charge in [-0.25, -0.2) is 0 Å². The van der Waals surface area contributed by atoms with Crippen molar-refractivity contribution in [3.63, 3.8) is 0 Å². The maximum atomic E-state index is 11.8. The molecule has 0 unspecified atom stereocenters. The van der Waals surface area contributed by atoms with Gasteiger partial charge in [-0.15, -0.1) is 12.4 Å². The van der Waals surface area contributed by atoms with Crippen LogP contribution in [-0.4, -0.2) is 19.0 Å². The monoisotopic (exact) mass is 240 g/mol. The number of hydrogen-bond acceptors (Lipinski definition) is 2. The van der Waals surface area contributed by atoms with E-state index in [1.165, 1.54) is 0 Å². The number of nitrogens with one attached hydrogen (secondary N) is 2. The first-order valence-corrected chi connectivity index (χ1v) is 5.47. The lowest BCUT2D eigenvalue weighted by Gasteiger charge is -2.20. The topological polar surface area (TPSA) is 41.1 Å². The summed E-state index contributed by atoms with van der Waals surface area (Å²) in [4.78, 5) is 11.8. The Bertz CT molecular complexity index is 379. The molecule has 1 amide bonds. The van der Waals surface area contributed by atoms with Crippen molar-refractivity contribution in [1.29, 1.82) is 0 Å². The van der Waals surface area contributed by atoms with Crippen molar-refractivity contribution in [1.82, 2.24) is 5.32 Å². The molecule has 0 aliphatic carbocycles. The molecule has 1 heterocycles. The Morgan fingerprint density at radius 1 is 1.50 bits per heavy atom. The molecule has 0 spiro atoms. The number of hydrogen-bond donors (Lipinski definition) is 2. The number of benzene rings is 1. The van der Waals surface area contributed by atoms with Crippen LogP contribution in [0.2, 0.25) is 0 Å². The summed E-state index contributed by atoms with van der Waals surface area (Å²) in [5, 5.41) is 6.17. The molecule has 0 radical (unpaired) electrons. The molecule has 0 atom stereocenters. The minimum atomic E-state index is 0. The zero-order chi connectivity index (χ0) is 10.7. The lowest BCUT2D eigenvalue weighted by Crippen LogP contribution is -2.25. The van der Waals surface area contributed by atoms with E-state index in [0.29, 0.717) is 6.54 Å². The summed E-state index contributed by atoms with van der Waals surface area (Å²) in [6.45, 7) is 3.62. The summed E-state index contributed by atoms with van der Waals surface area (Å²) in [6.07, 6.45) is 2.10. The van der Waals surface area contributed by atoms with Gasteiger partial charge in [0.2, 0.25) is 0 Å². The number of fused-ring (bicyclic) bond motifs is 1. The van der Waals surface area contributed by atoms with Crippen molar-refractivity contribution >= 4 is 24.0 Å². The van der Waals surface area contributed by atoms with Crippen LogP contribution in [0.15, 0.2) is 18.2 Å². The largest absolute Gasteiger partial charge is 0.385 e. The standard InChI is InChI=1S/C12H16N2O.ClH/c1-2-13-12(15)10-5-3-7-11-9(10)6-4-8-14-11;/h3,5,7,14H,2,4,6,8H2,1H3,(H,13,15);1H. The van der Waals surface area contributed by atoms with Crippen LogP contribution in [0.3, 0.4) is 0 Å². The first-order valence-electron chi connectivity index (χ1n) is 5.47. The summed E-state index contributed by atoms with van der Waals surface area (Å²) in [6, 6.07) is 5.87. The van der Waals surface area contributed by atoms with Crippen LogP contribution >= 0.6 is 12.4 Å². The van der Waals surface area contributed by atoms with Crippen LogP contribution in [-0.2, 0) is 6.42 Å². The van der Waals surface area contributed by atoms with Crippen LogP contribution in [0.1, 0.15) is 29.3 Å². The minimum absolute atomic E-state index is 0. The molecular formula is C12H17ClN2O. The molecule has 0 saturated heterocycles. The van der Waals surface area contributed by atoms with Gasteiger partial charge in [0, 0.05) is 24.3 Å². The van der Waals surface area contributed by atoms with Gasteiger partial charge in [0.15, 0.2) is 0 Å². The summed E-state index contributed by atoms with van der Waals surface area (Å²) in [7, 11) is 0. The maximum absolute atomic E-state index is 11.8. The highest BCUT2D eigenvalue weighted by Crippen LogP contribution is 2.25. The Kier molecular flexibility index (Phi) is 4.62. The van der Waals surface area contributed by atoms with Gasteiger partial charge in [0.25, 0.3) is 5.91 Å². The molecule has 3 nitrogen and oxygen atoms in total. The Labute approximate surface area is 102 Å². The second-order valence-corrected chi connectivity index (χ2v) is 3.72.